The second-order valence-electron chi connectivity index (χ2n) is 7.69. The number of nitro groups is 1. The Balaban J connectivity index is 1.32. The van der Waals surface area contributed by atoms with Crippen LogP contribution in [0.3, 0.4) is 0 Å². The molecule has 0 spiro atoms. The predicted molar refractivity (Wildman–Crippen MR) is 118 cm³/mol. The van der Waals surface area contributed by atoms with Crippen LogP contribution in [-0.4, -0.2) is 56.6 Å². The van der Waals surface area contributed by atoms with E-state index in [9.17, 15) is 23.7 Å². The minimum Gasteiger partial charge on any atom is -0.464 e. The van der Waals surface area contributed by atoms with Crippen LogP contribution < -0.4 is 4.74 Å². The third-order valence-electron chi connectivity index (χ3n) is 5.40. The van der Waals surface area contributed by atoms with E-state index in [1.165, 1.54) is 29.1 Å². The van der Waals surface area contributed by atoms with Gasteiger partial charge in [0.1, 0.15) is 11.6 Å². The van der Waals surface area contributed by atoms with Crippen molar-refractivity contribution in [1.29, 1.82) is 0 Å². The molecular weight excluding hydrogens is 472 g/mol. The topological polar surface area (TPSA) is 93.7 Å². The molecule has 178 valence electrons. The van der Waals surface area contributed by atoms with Gasteiger partial charge in [0.05, 0.1) is 4.92 Å². The summed E-state index contributed by atoms with van der Waals surface area (Å²) < 4.78 is 33.3. The van der Waals surface area contributed by atoms with Gasteiger partial charge in [0.2, 0.25) is 5.75 Å². The molecule has 1 aliphatic heterocycles. The van der Waals surface area contributed by atoms with Crippen molar-refractivity contribution in [2.45, 2.75) is 13.3 Å². The van der Waals surface area contributed by atoms with Gasteiger partial charge < -0.3 is 9.64 Å². The van der Waals surface area contributed by atoms with Crippen LogP contribution in [-0.2, 0) is 13.3 Å². The van der Waals surface area contributed by atoms with Crippen molar-refractivity contribution in [2.75, 3.05) is 26.2 Å². The minimum atomic E-state index is -0.670. The summed E-state index contributed by atoms with van der Waals surface area (Å²) >= 11 is 6.10. The number of amides is 1. The molecule has 1 aliphatic rings. The lowest BCUT2D eigenvalue weighted by molar-refractivity contribution is -0.386. The molecule has 4 rings (SSSR count). The molecule has 1 fully saturated rings. The van der Waals surface area contributed by atoms with Crippen molar-refractivity contribution in [2.24, 2.45) is 0 Å². The second-order valence-corrected chi connectivity index (χ2v) is 8.09. The highest BCUT2D eigenvalue weighted by atomic mass is 35.5. The number of benzene rings is 2. The van der Waals surface area contributed by atoms with Crippen LogP contribution in [0.2, 0.25) is 5.02 Å². The van der Waals surface area contributed by atoms with Gasteiger partial charge in [0, 0.05) is 56.1 Å². The monoisotopic (exact) mass is 491 g/mol. The largest absolute Gasteiger partial charge is 0.464 e. The third kappa shape index (κ3) is 5.49. The fourth-order valence-electron chi connectivity index (χ4n) is 3.60. The van der Waals surface area contributed by atoms with Crippen molar-refractivity contribution >= 4 is 23.2 Å². The van der Waals surface area contributed by atoms with Gasteiger partial charge in [-0.15, -0.1) is 0 Å². The lowest BCUT2D eigenvalue weighted by Crippen LogP contribution is -2.48. The van der Waals surface area contributed by atoms with Crippen LogP contribution in [0.4, 0.5) is 14.5 Å². The van der Waals surface area contributed by atoms with Crippen LogP contribution >= 0.6 is 11.6 Å². The molecule has 0 radical (unpaired) electrons. The number of halogens is 3. The highest BCUT2D eigenvalue weighted by molar-refractivity contribution is 6.31. The number of carbonyl (C=O) groups excluding carboxylic acids is 1. The van der Waals surface area contributed by atoms with Crippen LogP contribution in [0.1, 0.15) is 16.1 Å². The zero-order valence-corrected chi connectivity index (χ0v) is 18.6. The minimum absolute atomic E-state index is 0.201. The van der Waals surface area contributed by atoms with E-state index in [-0.39, 0.29) is 35.6 Å². The number of nitrogens with zero attached hydrogens (tertiary/aromatic N) is 5. The van der Waals surface area contributed by atoms with Gasteiger partial charge in [-0.25, -0.2) is 13.5 Å². The molecule has 9 nitrogen and oxygen atoms in total. The SMILES string of the molecule is O=C(c1ccn(COc2cc(F)ccc2[N+](=O)[O-])n1)N1CCN(Cc2ccc(F)cc2Cl)CC1. The average Bonchev–Trinajstić information content (AvgIpc) is 3.28. The summed E-state index contributed by atoms with van der Waals surface area (Å²) in [5.74, 6) is -1.54. The molecule has 0 N–H and O–H groups in total. The quantitative estimate of drug-likeness (QED) is 0.369. The van der Waals surface area contributed by atoms with Crippen LogP contribution in [0.25, 0.3) is 0 Å². The Kier molecular flexibility index (Phi) is 7.03. The van der Waals surface area contributed by atoms with E-state index >= 15 is 0 Å². The Morgan fingerprint density at radius 2 is 1.79 bits per heavy atom. The molecule has 0 saturated carbocycles. The molecule has 3 aromatic rings. The number of hydrogen-bond donors (Lipinski definition) is 0. The van der Waals surface area contributed by atoms with E-state index in [2.05, 4.69) is 10.00 Å². The fourth-order valence-corrected chi connectivity index (χ4v) is 3.83. The lowest BCUT2D eigenvalue weighted by Gasteiger charge is -2.34. The first-order valence-corrected chi connectivity index (χ1v) is 10.7. The van der Waals surface area contributed by atoms with Crippen molar-refractivity contribution < 1.29 is 23.2 Å². The number of nitro benzene ring substituents is 1. The van der Waals surface area contributed by atoms with E-state index in [0.29, 0.717) is 37.7 Å². The highest BCUT2D eigenvalue weighted by Gasteiger charge is 2.24. The number of carbonyl (C=O) groups is 1. The summed E-state index contributed by atoms with van der Waals surface area (Å²) in [6.45, 7) is 2.52. The Hall–Kier alpha value is -3.57. The maximum atomic E-state index is 13.4. The molecule has 1 saturated heterocycles. The van der Waals surface area contributed by atoms with Gasteiger partial charge in [-0.3, -0.25) is 19.8 Å². The summed E-state index contributed by atoms with van der Waals surface area (Å²) in [7, 11) is 0. The van der Waals surface area contributed by atoms with Gasteiger partial charge in [0.25, 0.3) is 5.91 Å². The number of piperazine rings is 1. The van der Waals surface area contributed by atoms with Gasteiger partial charge >= 0.3 is 5.69 Å². The van der Waals surface area contributed by atoms with Crippen LogP contribution in [0.15, 0.2) is 48.7 Å². The molecule has 0 unspecified atom stereocenters. The first kappa shape index (κ1) is 23.6. The maximum absolute atomic E-state index is 13.4. The van der Waals surface area contributed by atoms with E-state index in [0.717, 1.165) is 23.8 Å². The Bertz CT molecular complexity index is 1210. The smallest absolute Gasteiger partial charge is 0.311 e. The fraction of sp³-hybridized carbons (Fsp3) is 0.273. The molecule has 0 bridgehead atoms. The first-order chi connectivity index (χ1) is 16.3. The van der Waals surface area contributed by atoms with Crippen molar-refractivity contribution in [3.05, 3.63) is 86.7 Å². The van der Waals surface area contributed by atoms with E-state index < -0.39 is 10.7 Å². The van der Waals surface area contributed by atoms with Crippen molar-refractivity contribution in [3.8, 4) is 5.75 Å². The Morgan fingerprint density at radius 3 is 2.50 bits per heavy atom. The summed E-state index contributed by atoms with van der Waals surface area (Å²) in [5.41, 5.74) is 0.650. The van der Waals surface area contributed by atoms with E-state index in [4.69, 9.17) is 16.3 Å². The van der Waals surface area contributed by atoms with E-state index in [1.54, 1.807) is 11.0 Å². The van der Waals surface area contributed by atoms with Crippen molar-refractivity contribution in [3.63, 3.8) is 0 Å². The molecular formula is C22H20ClF2N5O4. The first-order valence-electron chi connectivity index (χ1n) is 10.4. The molecule has 1 aromatic heterocycles. The summed E-state index contributed by atoms with van der Waals surface area (Å²) in [4.78, 5) is 27.0. The third-order valence-corrected chi connectivity index (χ3v) is 5.75. The lowest BCUT2D eigenvalue weighted by atomic mass is 10.2. The normalized spacial score (nSPS) is 14.3. The summed E-state index contributed by atoms with van der Waals surface area (Å²) in [5, 5.41) is 15.6. The molecule has 0 atom stereocenters. The van der Waals surface area contributed by atoms with E-state index in [1.807, 2.05) is 0 Å². The maximum Gasteiger partial charge on any atom is 0.311 e. The molecule has 0 aliphatic carbocycles. The number of aromatic nitrogens is 2. The molecule has 2 aromatic carbocycles. The van der Waals surface area contributed by atoms with Gasteiger partial charge in [-0.05, 0) is 29.8 Å². The molecule has 2 heterocycles. The molecule has 34 heavy (non-hydrogen) atoms. The Labute approximate surface area is 198 Å². The van der Waals surface area contributed by atoms with Gasteiger partial charge in [0.15, 0.2) is 12.4 Å². The predicted octanol–water partition coefficient (Wildman–Crippen LogP) is 3.72. The molecule has 1 amide bonds. The van der Waals surface area contributed by atoms with Crippen molar-refractivity contribution in [1.82, 2.24) is 19.6 Å². The number of hydrogen-bond acceptors (Lipinski definition) is 6. The number of rotatable bonds is 7. The van der Waals surface area contributed by atoms with Crippen LogP contribution in [0, 0.1) is 21.7 Å². The second kappa shape index (κ2) is 10.1. The Morgan fingerprint density at radius 1 is 1.09 bits per heavy atom. The number of ether oxygens (including phenoxy) is 1. The summed E-state index contributed by atoms with van der Waals surface area (Å²) in [6, 6.07) is 8.75. The van der Waals surface area contributed by atoms with Crippen LogP contribution in [0.5, 0.6) is 5.75 Å². The zero-order chi connectivity index (χ0) is 24.2. The van der Waals surface area contributed by atoms with Gasteiger partial charge in [-0.2, -0.15) is 5.10 Å². The standard InChI is InChI=1S/C22H20ClF2N5O4/c23-18-11-16(24)2-1-15(18)13-27-7-9-28(10-8-27)22(31)19-5-6-29(26-19)14-34-21-12-17(25)3-4-20(21)30(32)33/h1-6,11-12H,7-10,13-14H2. The van der Waals surface area contributed by atoms with Gasteiger partial charge in [-0.1, -0.05) is 17.7 Å². The highest BCUT2D eigenvalue weighted by Crippen LogP contribution is 2.27. The average molecular weight is 492 g/mol. The molecule has 12 heteroatoms. The summed E-state index contributed by atoms with van der Waals surface area (Å²) in [6.07, 6.45) is 1.51. The zero-order valence-electron chi connectivity index (χ0n) is 17.9.